The highest BCUT2D eigenvalue weighted by Crippen LogP contribution is 2.25. The first-order valence-corrected chi connectivity index (χ1v) is 8.25. The van der Waals surface area contributed by atoms with Crippen LogP contribution in [-0.4, -0.2) is 31.8 Å². The largest absolute Gasteiger partial charge is 0.284 e. The molecular weight excluding hydrogens is 272 g/mol. The summed E-state index contributed by atoms with van der Waals surface area (Å²) in [6.45, 7) is 5.19. The molecule has 4 nitrogen and oxygen atoms in total. The van der Waals surface area contributed by atoms with Crippen LogP contribution < -0.4 is 0 Å². The molecule has 1 atom stereocenters. The molecule has 0 saturated carbocycles. The first-order valence-electron chi connectivity index (χ1n) is 6.71. The molecule has 106 valence electrons. The number of likely N-dealkylation sites (tertiary alicyclic amines) is 1. The molecule has 1 aliphatic heterocycles. The van der Waals surface area contributed by atoms with E-state index in [9.17, 15) is 8.42 Å². The van der Waals surface area contributed by atoms with E-state index in [0.717, 1.165) is 32.4 Å². The fourth-order valence-corrected chi connectivity index (χ4v) is 4.39. The van der Waals surface area contributed by atoms with E-state index in [4.69, 9.17) is 5.26 Å². The van der Waals surface area contributed by atoms with E-state index in [1.54, 1.807) is 12.1 Å². The molecule has 1 heterocycles. The highest BCUT2D eigenvalue weighted by atomic mass is 32.2. The number of rotatable bonds is 4. The summed E-state index contributed by atoms with van der Waals surface area (Å²) in [6, 6.07) is 8.29. The summed E-state index contributed by atoms with van der Waals surface area (Å²) in [5, 5.41) is 8.34. The zero-order chi connectivity index (χ0) is 14.6. The molecular formula is C15H18N2O2S. The van der Waals surface area contributed by atoms with Crippen molar-refractivity contribution in [1.29, 1.82) is 5.26 Å². The van der Waals surface area contributed by atoms with Crippen molar-refractivity contribution < 1.29 is 8.42 Å². The first-order chi connectivity index (χ1) is 9.61. The lowest BCUT2D eigenvalue weighted by Crippen LogP contribution is -2.42. The molecule has 2 rings (SSSR count). The fraction of sp³-hybridized carbons (Fsp3) is 0.400. The molecule has 1 saturated heterocycles. The van der Waals surface area contributed by atoms with Crippen LogP contribution in [0, 0.1) is 11.3 Å². The average molecular weight is 290 g/mol. The maximum Gasteiger partial charge on any atom is 0.199 e. The Morgan fingerprint density at radius 3 is 2.50 bits per heavy atom. The second-order valence-corrected chi connectivity index (χ2v) is 6.89. The van der Waals surface area contributed by atoms with Gasteiger partial charge in [-0.1, -0.05) is 24.6 Å². The maximum absolute atomic E-state index is 12.8. The van der Waals surface area contributed by atoms with Gasteiger partial charge in [0.15, 0.2) is 9.84 Å². The van der Waals surface area contributed by atoms with Gasteiger partial charge in [-0.2, -0.15) is 5.26 Å². The Bertz CT molecular complexity index is 626. The summed E-state index contributed by atoms with van der Waals surface area (Å²) in [7, 11) is -3.61. The van der Waals surface area contributed by atoms with Crippen molar-refractivity contribution in [1.82, 2.24) is 4.90 Å². The van der Waals surface area contributed by atoms with Crippen molar-refractivity contribution in [3.8, 4) is 6.07 Å². The molecule has 0 aromatic heterocycles. The number of hydrogen-bond donors (Lipinski definition) is 0. The number of nitrogens with zero attached hydrogens (tertiary/aromatic N) is 2. The van der Waals surface area contributed by atoms with Crippen LogP contribution >= 0.6 is 0 Å². The van der Waals surface area contributed by atoms with Crippen molar-refractivity contribution in [2.24, 2.45) is 0 Å². The van der Waals surface area contributed by atoms with Gasteiger partial charge in [0, 0.05) is 0 Å². The van der Waals surface area contributed by atoms with Gasteiger partial charge in [-0.3, -0.25) is 4.90 Å². The summed E-state index contributed by atoms with van der Waals surface area (Å²) in [4.78, 5) is 2.03. The highest BCUT2D eigenvalue weighted by Gasteiger charge is 2.32. The number of hydrogen-bond acceptors (Lipinski definition) is 4. The topological polar surface area (TPSA) is 61.2 Å². The van der Waals surface area contributed by atoms with Gasteiger partial charge in [-0.15, -0.1) is 6.58 Å². The standard InChI is InChI=1S/C15H18N2O2S/c1-2-15(17-10-6-3-7-11-17)20(18,19)14-9-5-4-8-13(14)12-16/h2,4-5,8-9,15H,1,3,6-7,10-11H2. The molecule has 1 aromatic carbocycles. The van der Waals surface area contributed by atoms with Gasteiger partial charge in [0.05, 0.1) is 10.5 Å². The second kappa shape index (κ2) is 6.21. The molecule has 0 N–H and O–H groups in total. The molecule has 1 unspecified atom stereocenters. The third-order valence-electron chi connectivity index (χ3n) is 3.58. The highest BCUT2D eigenvalue weighted by molar-refractivity contribution is 7.92. The molecule has 0 spiro atoms. The number of nitriles is 1. The van der Waals surface area contributed by atoms with Gasteiger partial charge < -0.3 is 0 Å². The van der Waals surface area contributed by atoms with Crippen LogP contribution in [0.5, 0.6) is 0 Å². The Hall–Kier alpha value is -1.64. The summed E-state index contributed by atoms with van der Waals surface area (Å²) in [6.07, 6.45) is 4.60. The van der Waals surface area contributed by atoms with Gasteiger partial charge in [0.1, 0.15) is 11.4 Å². The number of benzene rings is 1. The SMILES string of the molecule is C=CC(N1CCCCC1)S(=O)(=O)c1ccccc1C#N. The second-order valence-electron chi connectivity index (χ2n) is 4.88. The molecule has 5 heteroatoms. The van der Waals surface area contributed by atoms with Gasteiger partial charge in [0.2, 0.25) is 0 Å². The van der Waals surface area contributed by atoms with E-state index in [0.29, 0.717) is 0 Å². The molecule has 0 amide bonds. The minimum Gasteiger partial charge on any atom is -0.284 e. The number of piperidine rings is 1. The minimum atomic E-state index is -3.61. The zero-order valence-corrected chi connectivity index (χ0v) is 12.1. The minimum absolute atomic E-state index is 0.0953. The van der Waals surface area contributed by atoms with Crippen LogP contribution in [0.2, 0.25) is 0 Å². The molecule has 0 aliphatic carbocycles. The Balaban J connectivity index is 2.41. The number of sulfone groups is 1. The Labute approximate surface area is 120 Å². The van der Waals surface area contributed by atoms with Crippen molar-refractivity contribution in [2.75, 3.05) is 13.1 Å². The summed E-state index contributed by atoms with van der Waals surface area (Å²) in [5.74, 6) is 0. The van der Waals surface area contributed by atoms with Gasteiger partial charge in [0.25, 0.3) is 0 Å². The lowest BCUT2D eigenvalue weighted by atomic mass is 10.1. The van der Waals surface area contributed by atoms with Crippen molar-refractivity contribution in [3.63, 3.8) is 0 Å². The van der Waals surface area contributed by atoms with Crippen LogP contribution in [0.4, 0.5) is 0 Å². The molecule has 20 heavy (non-hydrogen) atoms. The average Bonchev–Trinajstić information content (AvgIpc) is 2.48. The van der Waals surface area contributed by atoms with E-state index >= 15 is 0 Å². The molecule has 0 bridgehead atoms. The fourth-order valence-electron chi connectivity index (χ4n) is 2.58. The van der Waals surface area contributed by atoms with Crippen molar-refractivity contribution in [2.45, 2.75) is 29.5 Å². The monoisotopic (exact) mass is 290 g/mol. The van der Waals surface area contributed by atoms with E-state index in [-0.39, 0.29) is 10.5 Å². The van der Waals surface area contributed by atoms with E-state index in [2.05, 4.69) is 6.58 Å². The Kier molecular flexibility index (Phi) is 4.58. The van der Waals surface area contributed by atoms with Crippen LogP contribution in [0.25, 0.3) is 0 Å². The third kappa shape index (κ3) is 2.77. The van der Waals surface area contributed by atoms with E-state index < -0.39 is 15.2 Å². The van der Waals surface area contributed by atoms with Crippen molar-refractivity contribution >= 4 is 9.84 Å². The zero-order valence-electron chi connectivity index (χ0n) is 11.3. The van der Waals surface area contributed by atoms with E-state index in [1.165, 1.54) is 18.2 Å². The smallest absolute Gasteiger partial charge is 0.199 e. The summed E-state index contributed by atoms with van der Waals surface area (Å²) in [5.41, 5.74) is 0.191. The maximum atomic E-state index is 12.8. The van der Waals surface area contributed by atoms with E-state index in [1.807, 2.05) is 11.0 Å². The predicted octanol–water partition coefficient (Wildman–Crippen LogP) is 2.33. The molecule has 0 radical (unpaired) electrons. The van der Waals surface area contributed by atoms with Crippen LogP contribution in [0.1, 0.15) is 24.8 Å². The summed E-state index contributed by atoms with van der Waals surface area (Å²) >= 11 is 0. The van der Waals surface area contributed by atoms with Crippen LogP contribution in [0.15, 0.2) is 41.8 Å². The summed E-state index contributed by atoms with van der Waals surface area (Å²) < 4.78 is 25.6. The Morgan fingerprint density at radius 2 is 1.90 bits per heavy atom. The van der Waals surface area contributed by atoms with Crippen molar-refractivity contribution in [3.05, 3.63) is 42.5 Å². The molecule has 1 aromatic rings. The van der Waals surface area contributed by atoms with Crippen LogP contribution in [0.3, 0.4) is 0 Å². The first kappa shape index (κ1) is 14.8. The van der Waals surface area contributed by atoms with Gasteiger partial charge >= 0.3 is 0 Å². The van der Waals surface area contributed by atoms with Crippen LogP contribution in [-0.2, 0) is 9.84 Å². The van der Waals surface area contributed by atoms with Gasteiger partial charge in [-0.25, -0.2) is 8.42 Å². The quantitative estimate of drug-likeness (QED) is 0.798. The van der Waals surface area contributed by atoms with Gasteiger partial charge in [-0.05, 0) is 38.1 Å². The lowest BCUT2D eigenvalue weighted by molar-refractivity contribution is 0.229. The lowest BCUT2D eigenvalue weighted by Gasteiger charge is -2.32. The predicted molar refractivity (Wildman–Crippen MR) is 77.8 cm³/mol. The normalized spacial score (nSPS) is 18.1. The molecule has 1 aliphatic rings. The third-order valence-corrected chi connectivity index (χ3v) is 5.68. The molecule has 1 fully saturated rings. The Morgan fingerprint density at radius 1 is 1.25 bits per heavy atom.